The van der Waals surface area contributed by atoms with Crippen LogP contribution < -0.4 is 10.4 Å². The maximum atomic E-state index is 12.0. The molecule has 1 aromatic heterocycles. The van der Waals surface area contributed by atoms with E-state index in [1.807, 2.05) is 13.0 Å². The van der Waals surface area contributed by atoms with Gasteiger partial charge in [0, 0.05) is 17.0 Å². The minimum absolute atomic E-state index is 0.0741. The number of hydrogen-bond donors (Lipinski definition) is 0. The predicted octanol–water partition coefficient (Wildman–Crippen LogP) is 4.13. The van der Waals surface area contributed by atoms with E-state index in [0.717, 1.165) is 10.9 Å². The molecule has 0 radical (unpaired) electrons. The number of fused-ring (bicyclic) bond motifs is 1. The monoisotopic (exact) mass is 372 g/mol. The van der Waals surface area contributed by atoms with Crippen LogP contribution in [0.5, 0.6) is 5.75 Å². The van der Waals surface area contributed by atoms with Crippen LogP contribution >= 0.6 is 15.9 Å². The lowest BCUT2D eigenvalue weighted by Gasteiger charge is -2.08. The Kier molecular flexibility index (Phi) is 4.30. The van der Waals surface area contributed by atoms with Gasteiger partial charge in [0.1, 0.15) is 15.8 Å². The van der Waals surface area contributed by atoms with Crippen molar-refractivity contribution in [1.82, 2.24) is 0 Å². The van der Waals surface area contributed by atoms with Gasteiger partial charge in [0.2, 0.25) is 0 Å². The van der Waals surface area contributed by atoms with Crippen LogP contribution in [-0.4, -0.2) is 12.4 Å². The van der Waals surface area contributed by atoms with Crippen LogP contribution in [0.3, 0.4) is 0 Å². The van der Waals surface area contributed by atoms with Crippen molar-refractivity contribution in [3.63, 3.8) is 0 Å². The Morgan fingerprint density at radius 3 is 2.65 bits per heavy atom. The minimum atomic E-state index is -0.437. The number of carbonyl (C=O) groups excluding carboxylic acids is 1. The third-order valence-electron chi connectivity index (χ3n) is 3.53. The molecule has 0 unspecified atom stereocenters. The van der Waals surface area contributed by atoms with Crippen LogP contribution in [0.1, 0.15) is 15.9 Å². The number of aryl methyl sites for hydroxylation is 1. The molecule has 0 amide bonds. The van der Waals surface area contributed by atoms with Gasteiger partial charge in [0.25, 0.3) is 0 Å². The topological polar surface area (TPSA) is 56.5 Å². The lowest BCUT2D eigenvalue weighted by Crippen LogP contribution is -2.11. The van der Waals surface area contributed by atoms with Crippen LogP contribution in [0.25, 0.3) is 11.0 Å². The molecule has 3 rings (SSSR count). The third-order valence-corrected chi connectivity index (χ3v) is 4.45. The lowest BCUT2D eigenvalue weighted by atomic mass is 10.1. The van der Waals surface area contributed by atoms with Gasteiger partial charge in [-0.05, 0) is 40.5 Å². The van der Waals surface area contributed by atoms with Crippen molar-refractivity contribution in [1.29, 1.82) is 0 Å². The average Bonchev–Trinajstić information content (AvgIpc) is 2.58. The van der Waals surface area contributed by atoms with Crippen LogP contribution in [0, 0.1) is 6.92 Å². The van der Waals surface area contributed by atoms with E-state index in [4.69, 9.17) is 9.15 Å². The average molecular weight is 373 g/mol. The first-order valence-electron chi connectivity index (χ1n) is 7.00. The predicted molar refractivity (Wildman–Crippen MR) is 91.2 cm³/mol. The zero-order chi connectivity index (χ0) is 16.4. The summed E-state index contributed by atoms with van der Waals surface area (Å²) in [6.45, 7) is 1.76. The quantitative estimate of drug-likeness (QED) is 0.510. The summed E-state index contributed by atoms with van der Waals surface area (Å²) in [7, 11) is 0. The Labute approximate surface area is 140 Å². The molecule has 0 atom stereocenters. The Balaban J connectivity index is 1.83. The van der Waals surface area contributed by atoms with Gasteiger partial charge in [-0.3, -0.25) is 4.79 Å². The summed E-state index contributed by atoms with van der Waals surface area (Å²) >= 11 is 3.21. The first kappa shape index (κ1) is 15.5. The van der Waals surface area contributed by atoms with Crippen LogP contribution in [0.15, 0.2) is 62.2 Å². The molecular formula is C18H13BrO4. The van der Waals surface area contributed by atoms with Gasteiger partial charge in [0.15, 0.2) is 12.4 Å². The molecule has 3 aromatic rings. The Hall–Kier alpha value is -2.40. The summed E-state index contributed by atoms with van der Waals surface area (Å²) in [4.78, 5) is 23.7. The Morgan fingerprint density at radius 1 is 1.17 bits per heavy atom. The number of ketones is 1. The molecule has 4 nitrogen and oxygen atoms in total. The number of halogens is 1. The molecule has 1 heterocycles. The fourth-order valence-electron chi connectivity index (χ4n) is 2.26. The summed E-state index contributed by atoms with van der Waals surface area (Å²) in [5, 5.41) is 0.818. The van der Waals surface area contributed by atoms with Gasteiger partial charge in [-0.2, -0.15) is 0 Å². The van der Waals surface area contributed by atoms with Crippen molar-refractivity contribution in [3.8, 4) is 5.75 Å². The molecule has 2 aromatic carbocycles. The highest BCUT2D eigenvalue weighted by Crippen LogP contribution is 2.26. The molecule has 0 N–H and O–H groups in total. The number of rotatable bonds is 4. The van der Waals surface area contributed by atoms with Crippen molar-refractivity contribution >= 4 is 32.7 Å². The van der Waals surface area contributed by atoms with Crippen LogP contribution in [-0.2, 0) is 0 Å². The highest BCUT2D eigenvalue weighted by molar-refractivity contribution is 9.10. The fraction of sp³-hybridized carbons (Fsp3) is 0.111. The van der Waals surface area contributed by atoms with Crippen molar-refractivity contribution in [3.05, 3.63) is 74.6 Å². The molecule has 0 bridgehead atoms. The first-order chi connectivity index (χ1) is 11.1. The number of benzene rings is 2. The molecule has 0 fully saturated rings. The van der Waals surface area contributed by atoms with Gasteiger partial charge in [-0.25, -0.2) is 4.79 Å². The molecule has 0 saturated heterocycles. The molecule has 0 aliphatic heterocycles. The first-order valence-corrected chi connectivity index (χ1v) is 7.79. The second-order valence-corrected chi connectivity index (χ2v) is 5.86. The largest absolute Gasteiger partial charge is 0.485 e. The SMILES string of the molecule is Cc1c(Br)c(=O)oc2cc(OCC(=O)c3ccccc3)ccc12. The zero-order valence-corrected chi connectivity index (χ0v) is 13.9. The van der Waals surface area contributed by atoms with Crippen LogP contribution in [0.2, 0.25) is 0 Å². The van der Waals surface area contributed by atoms with E-state index in [9.17, 15) is 9.59 Å². The van der Waals surface area contributed by atoms with Gasteiger partial charge in [-0.1, -0.05) is 30.3 Å². The number of Topliss-reactive ketones (excluding diaryl/α,β-unsaturated/α-hetero) is 1. The van der Waals surface area contributed by atoms with Crippen LogP contribution in [0.4, 0.5) is 0 Å². The van der Waals surface area contributed by atoms with E-state index in [1.165, 1.54) is 0 Å². The summed E-state index contributed by atoms with van der Waals surface area (Å²) in [5.41, 5.74) is 1.40. The number of ether oxygens (including phenoxy) is 1. The third kappa shape index (κ3) is 3.19. The Morgan fingerprint density at radius 2 is 1.91 bits per heavy atom. The van der Waals surface area contributed by atoms with E-state index in [1.54, 1.807) is 42.5 Å². The van der Waals surface area contributed by atoms with Crippen molar-refractivity contribution in [2.24, 2.45) is 0 Å². The van der Waals surface area contributed by atoms with E-state index in [-0.39, 0.29) is 12.4 Å². The van der Waals surface area contributed by atoms with E-state index in [0.29, 0.717) is 21.4 Å². The molecule has 5 heteroatoms. The molecule has 0 aliphatic rings. The number of carbonyl (C=O) groups is 1. The molecule has 0 aliphatic carbocycles. The molecule has 0 spiro atoms. The van der Waals surface area contributed by atoms with E-state index >= 15 is 0 Å². The zero-order valence-electron chi connectivity index (χ0n) is 12.3. The summed E-state index contributed by atoms with van der Waals surface area (Å²) in [6.07, 6.45) is 0. The maximum absolute atomic E-state index is 12.0. The fourth-order valence-corrected chi connectivity index (χ4v) is 2.55. The second kappa shape index (κ2) is 6.38. The van der Waals surface area contributed by atoms with Crippen molar-refractivity contribution in [2.45, 2.75) is 6.92 Å². The minimum Gasteiger partial charge on any atom is -0.485 e. The lowest BCUT2D eigenvalue weighted by molar-refractivity contribution is 0.0921. The highest BCUT2D eigenvalue weighted by Gasteiger charge is 2.11. The molecular weight excluding hydrogens is 360 g/mol. The summed E-state index contributed by atoms with van der Waals surface area (Å²) in [6, 6.07) is 14.1. The second-order valence-electron chi connectivity index (χ2n) is 5.06. The maximum Gasteiger partial charge on any atom is 0.350 e. The standard InChI is InChI=1S/C18H13BrO4/c1-11-14-8-7-13(9-16(14)23-18(21)17(11)19)22-10-15(20)12-5-3-2-4-6-12/h2-9H,10H2,1H3. The van der Waals surface area contributed by atoms with Gasteiger partial charge >= 0.3 is 5.63 Å². The molecule has 0 saturated carbocycles. The smallest absolute Gasteiger partial charge is 0.350 e. The Bertz CT molecular complexity index is 929. The van der Waals surface area contributed by atoms with Crippen molar-refractivity contribution < 1.29 is 13.9 Å². The van der Waals surface area contributed by atoms with Gasteiger partial charge < -0.3 is 9.15 Å². The molecule has 23 heavy (non-hydrogen) atoms. The summed E-state index contributed by atoms with van der Waals surface area (Å²) < 4.78 is 11.2. The highest BCUT2D eigenvalue weighted by atomic mass is 79.9. The van der Waals surface area contributed by atoms with Gasteiger partial charge in [-0.15, -0.1) is 0 Å². The van der Waals surface area contributed by atoms with Gasteiger partial charge in [0.05, 0.1) is 0 Å². The summed E-state index contributed by atoms with van der Waals surface area (Å²) in [5.74, 6) is 0.366. The van der Waals surface area contributed by atoms with Crippen molar-refractivity contribution in [2.75, 3.05) is 6.61 Å². The van der Waals surface area contributed by atoms with E-state index in [2.05, 4.69) is 15.9 Å². The molecule has 116 valence electrons. The van der Waals surface area contributed by atoms with E-state index < -0.39 is 5.63 Å². The normalized spacial score (nSPS) is 10.7. The number of hydrogen-bond acceptors (Lipinski definition) is 4.